The molecule has 0 radical (unpaired) electrons. The highest BCUT2D eigenvalue weighted by Crippen LogP contribution is 2.37. The second kappa shape index (κ2) is 5.39. The fraction of sp³-hybridized carbons (Fsp3) is 0.0714. The Morgan fingerprint density at radius 2 is 2.00 bits per heavy atom. The molecule has 1 unspecified atom stereocenters. The highest BCUT2D eigenvalue weighted by atomic mass is 79.9. The Morgan fingerprint density at radius 1 is 1.20 bits per heavy atom. The Labute approximate surface area is 136 Å². The van der Waals surface area contributed by atoms with Gasteiger partial charge in [-0.15, -0.1) is 0 Å². The Hall–Kier alpha value is -1.04. The summed E-state index contributed by atoms with van der Waals surface area (Å²) in [7, 11) is 0. The predicted molar refractivity (Wildman–Crippen MR) is 86.8 cm³/mol. The zero-order valence-corrected chi connectivity index (χ0v) is 13.9. The predicted octanol–water partition coefficient (Wildman–Crippen LogP) is 5.02. The van der Waals surface area contributed by atoms with Gasteiger partial charge in [0.1, 0.15) is 0 Å². The van der Waals surface area contributed by atoms with Gasteiger partial charge in [0.05, 0.1) is 10.3 Å². The molecule has 0 saturated heterocycles. The number of benzene rings is 2. The SMILES string of the molecule is O=c1[nH]c2ccc(C(Br)c3cc(Cl)ccc3Br)cc2o1. The molecule has 0 fully saturated rings. The standard InChI is InChI=1S/C14H8Br2ClNO2/c15-10-3-2-8(17)6-9(10)13(16)7-1-4-11-12(5-7)20-14(19)18-11/h1-6,13H,(H,18,19). The lowest BCUT2D eigenvalue weighted by atomic mass is 10.0. The van der Waals surface area contributed by atoms with Crippen molar-refractivity contribution in [2.75, 3.05) is 0 Å². The average Bonchev–Trinajstić information content (AvgIpc) is 2.79. The van der Waals surface area contributed by atoms with Crippen molar-refractivity contribution in [3.8, 4) is 0 Å². The van der Waals surface area contributed by atoms with Crippen LogP contribution in [0.5, 0.6) is 0 Å². The van der Waals surface area contributed by atoms with Crippen molar-refractivity contribution >= 4 is 54.6 Å². The molecule has 0 saturated carbocycles. The number of nitrogens with one attached hydrogen (secondary N) is 1. The second-order valence-electron chi connectivity index (χ2n) is 4.30. The fourth-order valence-corrected chi connectivity index (χ4v) is 3.63. The van der Waals surface area contributed by atoms with E-state index in [0.717, 1.165) is 15.6 Å². The lowest BCUT2D eigenvalue weighted by molar-refractivity contribution is 0.555. The molecule has 102 valence electrons. The summed E-state index contributed by atoms with van der Waals surface area (Å²) in [6.07, 6.45) is 0. The molecule has 0 bridgehead atoms. The van der Waals surface area contributed by atoms with Crippen LogP contribution in [-0.2, 0) is 0 Å². The van der Waals surface area contributed by atoms with Crippen LogP contribution in [0.4, 0.5) is 0 Å². The fourth-order valence-electron chi connectivity index (χ4n) is 2.01. The van der Waals surface area contributed by atoms with Crippen molar-refractivity contribution in [2.45, 2.75) is 4.83 Å². The van der Waals surface area contributed by atoms with E-state index in [0.29, 0.717) is 16.1 Å². The van der Waals surface area contributed by atoms with Crippen molar-refractivity contribution in [3.63, 3.8) is 0 Å². The van der Waals surface area contributed by atoms with Gasteiger partial charge in [0.25, 0.3) is 0 Å². The number of halogens is 3. The summed E-state index contributed by atoms with van der Waals surface area (Å²) >= 11 is 13.2. The van der Waals surface area contributed by atoms with Crippen LogP contribution in [0.15, 0.2) is 50.1 Å². The number of fused-ring (bicyclic) bond motifs is 1. The Kier molecular flexibility index (Phi) is 3.75. The number of aromatic amines is 1. The second-order valence-corrected chi connectivity index (χ2v) is 6.50. The molecule has 1 atom stereocenters. The first-order valence-electron chi connectivity index (χ1n) is 5.76. The highest BCUT2D eigenvalue weighted by Gasteiger charge is 2.15. The molecular weight excluding hydrogens is 409 g/mol. The third-order valence-corrected chi connectivity index (χ3v) is 4.95. The van der Waals surface area contributed by atoms with E-state index >= 15 is 0 Å². The number of oxazole rings is 1. The normalized spacial score (nSPS) is 12.8. The third-order valence-electron chi connectivity index (χ3n) is 2.97. The number of H-pyrrole nitrogens is 1. The van der Waals surface area contributed by atoms with Crippen LogP contribution >= 0.6 is 43.5 Å². The van der Waals surface area contributed by atoms with E-state index < -0.39 is 5.76 Å². The minimum absolute atomic E-state index is 0.0554. The van der Waals surface area contributed by atoms with Crippen LogP contribution in [0.1, 0.15) is 16.0 Å². The first-order chi connectivity index (χ1) is 9.54. The molecule has 3 rings (SSSR count). The maximum Gasteiger partial charge on any atom is 0.417 e. The monoisotopic (exact) mass is 415 g/mol. The molecule has 3 aromatic rings. The van der Waals surface area contributed by atoms with E-state index in [9.17, 15) is 4.79 Å². The minimum atomic E-state index is -0.452. The summed E-state index contributed by atoms with van der Waals surface area (Å²) in [5.41, 5.74) is 3.21. The molecule has 1 N–H and O–H groups in total. The molecule has 0 aliphatic rings. The summed E-state index contributed by atoms with van der Waals surface area (Å²) < 4.78 is 6.04. The quantitative estimate of drug-likeness (QED) is 0.595. The molecule has 1 aromatic heterocycles. The topological polar surface area (TPSA) is 46.0 Å². The smallest absolute Gasteiger partial charge is 0.408 e. The Morgan fingerprint density at radius 3 is 2.80 bits per heavy atom. The first-order valence-corrected chi connectivity index (χ1v) is 7.85. The van der Waals surface area contributed by atoms with Crippen molar-refractivity contribution in [2.24, 2.45) is 0 Å². The molecular formula is C14H8Br2ClNO2. The van der Waals surface area contributed by atoms with Gasteiger partial charge in [-0.1, -0.05) is 49.5 Å². The largest absolute Gasteiger partial charge is 0.417 e. The van der Waals surface area contributed by atoms with Gasteiger partial charge in [0, 0.05) is 9.50 Å². The minimum Gasteiger partial charge on any atom is -0.408 e. The van der Waals surface area contributed by atoms with Gasteiger partial charge < -0.3 is 4.42 Å². The first kappa shape index (κ1) is 13.9. The van der Waals surface area contributed by atoms with Crippen molar-refractivity contribution in [1.82, 2.24) is 4.98 Å². The molecule has 0 spiro atoms. The van der Waals surface area contributed by atoms with E-state index in [-0.39, 0.29) is 4.83 Å². The molecule has 2 aromatic carbocycles. The number of rotatable bonds is 2. The van der Waals surface area contributed by atoms with Gasteiger partial charge in [0.2, 0.25) is 0 Å². The van der Waals surface area contributed by atoms with E-state index in [1.165, 1.54) is 0 Å². The molecule has 0 aliphatic carbocycles. The summed E-state index contributed by atoms with van der Waals surface area (Å²) in [6, 6.07) is 11.2. The number of aromatic nitrogens is 1. The van der Waals surface area contributed by atoms with Crippen LogP contribution in [0.3, 0.4) is 0 Å². The van der Waals surface area contributed by atoms with Gasteiger partial charge in [-0.2, -0.15) is 0 Å². The number of hydrogen-bond donors (Lipinski definition) is 1. The van der Waals surface area contributed by atoms with Gasteiger partial charge >= 0.3 is 5.76 Å². The molecule has 6 heteroatoms. The summed E-state index contributed by atoms with van der Waals surface area (Å²) in [6.45, 7) is 0. The van der Waals surface area contributed by atoms with Gasteiger partial charge in [0.15, 0.2) is 5.58 Å². The van der Waals surface area contributed by atoms with Gasteiger partial charge in [-0.3, -0.25) is 4.98 Å². The molecule has 20 heavy (non-hydrogen) atoms. The van der Waals surface area contributed by atoms with Gasteiger partial charge in [-0.05, 0) is 41.5 Å². The van der Waals surface area contributed by atoms with Crippen molar-refractivity contribution in [1.29, 1.82) is 0 Å². The van der Waals surface area contributed by atoms with E-state index in [2.05, 4.69) is 36.8 Å². The van der Waals surface area contributed by atoms with Crippen molar-refractivity contribution < 1.29 is 4.42 Å². The van der Waals surface area contributed by atoms with Crippen LogP contribution in [0.2, 0.25) is 5.02 Å². The van der Waals surface area contributed by atoms with Gasteiger partial charge in [-0.25, -0.2) is 4.79 Å². The van der Waals surface area contributed by atoms with Crippen LogP contribution < -0.4 is 5.76 Å². The van der Waals surface area contributed by atoms with Crippen molar-refractivity contribution in [3.05, 3.63) is 67.6 Å². The Bertz CT molecular complexity index is 841. The molecule has 0 aliphatic heterocycles. The van der Waals surface area contributed by atoms with Crippen LogP contribution in [0.25, 0.3) is 11.1 Å². The highest BCUT2D eigenvalue weighted by molar-refractivity contribution is 9.11. The third kappa shape index (κ3) is 2.57. The lowest BCUT2D eigenvalue weighted by Gasteiger charge is -2.13. The molecule has 0 amide bonds. The maximum absolute atomic E-state index is 11.2. The Balaban J connectivity index is 2.09. The summed E-state index contributed by atoms with van der Waals surface area (Å²) in [4.78, 5) is 13.7. The molecule has 3 nitrogen and oxygen atoms in total. The van der Waals surface area contributed by atoms with E-state index in [1.54, 1.807) is 0 Å². The van der Waals surface area contributed by atoms with Crippen LogP contribution in [0, 0.1) is 0 Å². The van der Waals surface area contributed by atoms with E-state index in [4.69, 9.17) is 16.0 Å². The molecule has 1 heterocycles. The summed E-state index contributed by atoms with van der Waals surface area (Å²) in [5, 5.41) is 0.668. The zero-order chi connectivity index (χ0) is 14.3. The summed E-state index contributed by atoms with van der Waals surface area (Å²) in [5.74, 6) is -0.452. The average molecular weight is 417 g/mol. The zero-order valence-electron chi connectivity index (χ0n) is 9.99. The van der Waals surface area contributed by atoms with E-state index in [1.807, 2.05) is 36.4 Å². The number of hydrogen-bond acceptors (Lipinski definition) is 2. The lowest BCUT2D eigenvalue weighted by Crippen LogP contribution is -1.94. The number of alkyl halides is 1. The van der Waals surface area contributed by atoms with Crippen LogP contribution in [-0.4, -0.2) is 4.98 Å². The maximum atomic E-state index is 11.2.